The zero-order valence-electron chi connectivity index (χ0n) is 13.8. The molecule has 0 saturated carbocycles. The van der Waals surface area contributed by atoms with Gasteiger partial charge in [-0.2, -0.15) is 11.8 Å². The van der Waals surface area contributed by atoms with Gasteiger partial charge in [0, 0.05) is 11.8 Å². The molecule has 0 aromatic heterocycles. The average molecular weight is 366 g/mol. The molecule has 1 amide bonds. The van der Waals surface area contributed by atoms with Gasteiger partial charge in [0.05, 0.1) is 6.04 Å². The third-order valence-corrected chi connectivity index (χ3v) is 4.10. The van der Waals surface area contributed by atoms with Crippen molar-refractivity contribution in [2.75, 3.05) is 17.3 Å². The summed E-state index contributed by atoms with van der Waals surface area (Å²) in [6, 6.07) is 9.36. The highest BCUT2D eigenvalue weighted by molar-refractivity contribution is 7.98. The molecule has 0 bridgehead atoms. The van der Waals surface area contributed by atoms with Crippen LogP contribution >= 0.6 is 11.8 Å². The van der Waals surface area contributed by atoms with Crippen LogP contribution in [0.1, 0.15) is 12.0 Å². The number of amides is 1. The molecule has 0 aliphatic carbocycles. The van der Waals surface area contributed by atoms with E-state index in [2.05, 4.69) is 5.32 Å². The van der Waals surface area contributed by atoms with E-state index in [1.165, 1.54) is 30.3 Å². The Morgan fingerprint density at radius 1 is 1.28 bits per heavy atom. The smallest absolute Gasteiger partial charge is 0.241 e. The van der Waals surface area contributed by atoms with E-state index in [9.17, 15) is 13.6 Å². The summed E-state index contributed by atoms with van der Waals surface area (Å²) in [5.41, 5.74) is 6.67. The van der Waals surface area contributed by atoms with Crippen LogP contribution in [0, 0.1) is 11.6 Å². The van der Waals surface area contributed by atoms with E-state index in [0.29, 0.717) is 17.7 Å². The van der Waals surface area contributed by atoms with Crippen molar-refractivity contribution < 1.29 is 18.3 Å². The fourth-order valence-corrected chi connectivity index (χ4v) is 2.58. The van der Waals surface area contributed by atoms with E-state index in [0.717, 1.165) is 5.75 Å². The van der Waals surface area contributed by atoms with Gasteiger partial charge in [0.15, 0.2) is 11.6 Å². The van der Waals surface area contributed by atoms with Crippen LogP contribution in [-0.2, 0) is 11.4 Å². The maximum atomic E-state index is 14.1. The molecule has 3 N–H and O–H groups in total. The molecule has 0 fully saturated rings. The van der Waals surface area contributed by atoms with Gasteiger partial charge >= 0.3 is 0 Å². The molecule has 2 aromatic carbocycles. The summed E-state index contributed by atoms with van der Waals surface area (Å²) in [7, 11) is 0. The van der Waals surface area contributed by atoms with Gasteiger partial charge in [-0.1, -0.05) is 12.1 Å². The van der Waals surface area contributed by atoms with E-state index in [-0.39, 0.29) is 24.1 Å². The molecule has 0 aliphatic rings. The lowest BCUT2D eigenvalue weighted by Crippen LogP contribution is -2.36. The quantitative estimate of drug-likeness (QED) is 0.750. The molecule has 134 valence electrons. The minimum Gasteiger partial charge on any atom is -0.486 e. The van der Waals surface area contributed by atoms with E-state index in [4.69, 9.17) is 10.5 Å². The maximum absolute atomic E-state index is 14.1. The van der Waals surface area contributed by atoms with E-state index >= 15 is 0 Å². The first-order chi connectivity index (χ1) is 12.0. The number of halogens is 2. The van der Waals surface area contributed by atoms with Crippen LogP contribution in [-0.4, -0.2) is 24.0 Å². The van der Waals surface area contributed by atoms with Crippen molar-refractivity contribution in [3.05, 3.63) is 59.7 Å². The lowest BCUT2D eigenvalue weighted by atomic mass is 10.2. The number of ether oxygens (including phenoxy) is 1. The van der Waals surface area contributed by atoms with Crippen LogP contribution in [0.5, 0.6) is 5.75 Å². The second-order valence-electron chi connectivity index (χ2n) is 5.44. The van der Waals surface area contributed by atoms with Gasteiger partial charge in [-0.05, 0) is 48.3 Å². The summed E-state index contributed by atoms with van der Waals surface area (Å²) < 4.78 is 32.6. The molecule has 0 saturated heterocycles. The normalized spacial score (nSPS) is 11.8. The van der Waals surface area contributed by atoms with Crippen LogP contribution in [0.2, 0.25) is 0 Å². The largest absolute Gasteiger partial charge is 0.486 e. The van der Waals surface area contributed by atoms with E-state index < -0.39 is 11.9 Å². The van der Waals surface area contributed by atoms with Crippen LogP contribution < -0.4 is 15.8 Å². The van der Waals surface area contributed by atoms with Crippen molar-refractivity contribution in [1.29, 1.82) is 0 Å². The third-order valence-electron chi connectivity index (χ3n) is 3.45. The summed E-state index contributed by atoms with van der Waals surface area (Å²) >= 11 is 1.60. The van der Waals surface area contributed by atoms with Crippen molar-refractivity contribution >= 4 is 23.4 Å². The van der Waals surface area contributed by atoms with Crippen LogP contribution in [0.25, 0.3) is 0 Å². The molecule has 0 radical (unpaired) electrons. The first kappa shape index (κ1) is 19.2. The molecule has 4 nitrogen and oxygen atoms in total. The number of rotatable bonds is 8. The van der Waals surface area contributed by atoms with Gasteiger partial charge in [-0.25, -0.2) is 8.78 Å². The summed E-state index contributed by atoms with van der Waals surface area (Å²) in [6.07, 6.45) is 2.48. The average Bonchev–Trinajstić information content (AvgIpc) is 2.59. The van der Waals surface area contributed by atoms with Gasteiger partial charge in [0.25, 0.3) is 0 Å². The molecule has 7 heteroatoms. The number of nitrogens with one attached hydrogen (secondary N) is 1. The second kappa shape index (κ2) is 9.39. The zero-order valence-corrected chi connectivity index (χ0v) is 14.6. The number of benzene rings is 2. The number of carbonyl (C=O) groups excluding carboxylic acids is 1. The van der Waals surface area contributed by atoms with Crippen molar-refractivity contribution in [3.8, 4) is 5.75 Å². The standard InChI is InChI=1S/C18H20F2N2O2S/c1-25-8-7-16(21)18(23)22-14-5-6-17(15(20)10-14)24-11-12-3-2-4-13(19)9-12/h2-6,9-10,16H,7-8,11,21H2,1H3,(H,22,23)/t16-/m0/s1. The van der Waals surface area contributed by atoms with E-state index in [1.54, 1.807) is 23.9 Å². The predicted molar refractivity (Wildman–Crippen MR) is 96.7 cm³/mol. The highest BCUT2D eigenvalue weighted by Crippen LogP contribution is 2.22. The fourth-order valence-electron chi connectivity index (χ4n) is 2.09. The molecule has 25 heavy (non-hydrogen) atoms. The zero-order chi connectivity index (χ0) is 18.2. The number of thioether (sulfide) groups is 1. The van der Waals surface area contributed by atoms with Crippen molar-refractivity contribution in [2.24, 2.45) is 5.73 Å². The Bertz CT molecular complexity index is 728. The number of anilines is 1. The third kappa shape index (κ3) is 6.03. The summed E-state index contributed by atoms with van der Waals surface area (Å²) in [5.74, 6) is -0.560. The van der Waals surface area contributed by atoms with Gasteiger partial charge in [-0.3, -0.25) is 4.79 Å². The summed E-state index contributed by atoms with van der Waals surface area (Å²) in [4.78, 5) is 11.9. The minimum absolute atomic E-state index is 0.0222. The summed E-state index contributed by atoms with van der Waals surface area (Å²) in [6.45, 7) is 0.0416. The molecule has 0 heterocycles. The monoisotopic (exact) mass is 366 g/mol. The molecule has 2 aromatic rings. The van der Waals surface area contributed by atoms with Crippen molar-refractivity contribution in [3.63, 3.8) is 0 Å². The number of hydrogen-bond donors (Lipinski definition) is 2. The molecular formula is C18H20F2N2O2S. The number of nitrogens with two attached hydrogens (primary N) is 1. The molecule has 1 atom stereocenters. The fraction of sp³-hybridized carbons (Fsp3) is 0.278. The van der Waals surface area contributed by atoms with Crippen molar-refractivity contribution in [1.82, 2.24) is 0 Å². The Hall–Kier alpha value is -2.12. The molecule has 2 rings (SSSR count). The second-order valence-corrected chi connectivity index (χ2v) is 6.43. The molecule has 0 unspecified atom stereocenters. The lowest BCUT2D eigenvalue weighted by Gasteiger charge is -2.13. The highest BCUT2D eigenvalue weighted by atomic mass is 32.2. The molecule has 0 aliphatic heterocycles. The lowest BCUT2D eigenvalue weighted by molar-refractivity contribution is -0.117. The number of carbonyl (C=O) groups is 1. The Morgan fingerprint density at radius 2 is 2.08 bits per heavy atom. The first-order valence-corrected chi connectivity index (χ1v) is 9.11. The van der Waals surface area contributed by atoms with Crippen LogP contribution in [0.15, 0.2) is 42.5 Å². The summed E-state index contributed by atoms with van der Waals surface area (Å²) in [5, 5.41) is 2.58. The van der Waals surface area contributed by atoms with Gasteiger partial charge < -0.3 is 15.8 Å². The van der Waals surface area contributed by atoms with E-state index in [1.807, 2.05) is 6.26 Å². The van der Waals surface area contributed by atoms with Gasteiger partial charge in [-0.15, -0.1) is 0 Å². The Labute approximate surface area is 149 Å². The van der Waals surface area contributed by atoms with Crippen LogP contribution in [0.3, 0.4) is 0 Å². The van der Waals surface area contributed by atoms with Gasteiger partial charge in [0.2, 0.25) is 5.91 Å². The predicted octanol–water partition coefficient (Wildman–Crippen LogP) is 3.56. The number of hydrogen-bond acceptors (Lipinski definition) is 4. The molecule has 0 spiro atoms. The van der Waals surface area contributed by atoms with Crippen molar-refractivity contribution in [2.45, 2.75) is 19.1 Å². The van der Waals surface area contributed by atoms with Gasteiger partial charge in [0.1, 0.15) is 12.4 Å². The minimum atomic E-state index is -0.639. The SMILES string of the molecule is CSCC[C@H](N)C(=O)Nc1ccc(OCc2cccc(F)c2)c(F)c1. The Kier molecular flexibility index (Phi) is 7.21. The maximum Gasteiger partial charge on any atom is 0.241 e. The van der Waals surface area contributed by atoms with Crippen LogP contribution in [0.4, 0.5) is 14.5 Å². The Balaban J connectivity index is 1.94. The highest BCUT2D eigenvalue weighted by Gasteiger charge is 2.14. The Morgan fingerprint density at radius 3 is 2.76 bits per heavy atom. The topological polar surface area (TPSA) is 64.4 Å². The molecular weight excluding hydrogens is 346 g/mol. The first-order valence-electron chi connectivity index (χ1n) is 7.72.